The maximum atomic E-state index is 12.1. The van der Waals surface area contributed by atoms with Gasteiger partial charge in [-0.25, -0.2) is 4.79 Å². The Morgan fingerprint density at radius 2 is 1.81 bits per heavy atom. The summed E-state index contributed by atoms with van der Waals surface area (Å²) < 4.78 is 5.13. The van der Waals surface area contributed by atoms with Crippen molar-refractivity contribution in [3.05, 3.63) is 71.2 Å². The predicted molar refractivity (Wildman–Crippen MR) is 74.1 cm³/mol. The Morgan fingerprint density at radius 3 is 2.43 bits per heavy atom. The summed E-state index contributed by atoms with van der Waals surface area (Å²) in [5, 5.41) is 14.1. The van der Waals surface area contributed by atoms with E-state index in [-0.39, 0.29) is 5.69 Å². The molecule has 0 spiro atoms. The second-order valence-electron chi connectivity index (χ2n) is 4.25. The number of pyridine rings is 1. The quantitative estimate of drug-likeness (QED) is 0.515. The van der Waals surface area contributed by atoms with Crippen LogP contribution in [0.1, 0.15) is 22.1 Å². The molecule has 1 unspecified atom stereocenters. The van der Waals surface area contributed by atoms with Gasteiger partial charge in [0.05, 0.1) is 7.11 Å². The number of carbonyl (C=O) groups is 2. The molecule has 0 saturated carbocycles. The van der Waals surface area contributed by atoms with Gasteiger partial charge in [0.2, 0.25) is 0 Å². The molecular formula is C15H14N2O4. The summed E-state index contributed by atoms with van der Waals surface area (Å²) in [7, 11) is 1.24. The Bertz CT molecular complexity index is 643. The number of hydrogen-bond acceptors (Lipinski definition) is 4. The number of methoxy groups -OCH3 is 1. The molecule has 1 aromatic heterocycles. The SMILES string of the molecule is COC(=O)C(NC(=O)c1cccc[n+]1[O-])c1ccccc1. The topological polar surface area (TPSA) is 82.3 Å². The molecule has 0 radical (unpaired) electrons. The molecule has 1 heterocycles. The number of carbonyl (C=O) groups excluding carboxylic acids is 2. The van der Waals surface area contributed by atoms with Crippen molar-refractivity contribution in [2.24, 2.45) is 0 Å². The van der Waals surface area contributed by atoms with Crippen molar-refractivity contribution in [1.29, 1.82) is 0 Å². The fourth-order valence-corrected chi connectivity index (χ4v) is 1.85. The summed E-state index contributed by atoms with van der Waals surface area (Å²) in [6.07, 6.45) is 1.21. The van der Waals surface area contributed by atoms with Crippen molar-refractivity contribution in [3.63, 3.8) is 0 Å². The van der Waals surface area contributed by atoms with Gasteiger partial charge in [-0.2, -0.15) is 4.73 Å². The van der Waals surface area contributed by atoms with E-state index in [1.165, 1.54) is 25.4 Å². The van der Waals surface area contributed by atoms with Crippen molar-refractivity contribution >= 4 is 11.9 Å². The van der Waals surface area contributed by atoms with Gasteiger partial charge in [0.15, 0.2) is 12.2 Å². The van der Waals surface area contributed by atoms with Crippen LogP contribution in [0.25, 0.3) is 0 Å². The zero-order valence-electron chi connectivity index (χ0n) is 11.4. The van der Waals surface area contributed by atoms with E-state index in [4.69, 9.17) is 4.74 Å². The average Bonchev–Trinajstić information content (AvgIpc) is 2.53. The standard InChI is InChI=1S/C15H14N2O4/c1-21-15(19)13(11-7-3-2-4-8-11)16-14(18)12-9-5-6-10-17(12)20/h2-10,13H,1H3,(H,16,18). The lowest BCUT2D eigenvalue weighted by Crippen LogP contribution is -2.42. The molecule has 0 saturated heterocycles. The summed E-state index contributed by atoms with van der Waals surface area (Å²) in [4.78, 5) is 24.0. The maximum Gasteiger partial charge on any atom is 0.333 e. The van der Waals surface area contributed by atoms with Crippen LogP contribution in [0.5, 0.6) is 0 Å². The first kappa shape index (κ1) is 14.5. The average molecular weight is 286 g/mol. The highest BCUT2D eigenvalue weighted by Gasteiger charge is 2.26. The Kier molecular flexibility index (Phi) is 4.50. The normalized spacial score (nSPS) is 11.5. The number of esters is 1. The summed E-state index contributed by atoms with van der Waals surface area (Å²) >= 11 is 0. The molecule has 0 aliphatic heterocycles. The first-order valence-corrected chi connectivity index (χ1v) is 6.25. The third-order valence-corrected chi connectivity index (χ3v) is 2.90. The van der Waals surface area contributed by atoms with Gasteiger partial charge in [0.25, 0.3) is 5.69 Å². The fourth-order valence-electron chi connectivity index (χ4n) is 1.85. The van der Waals surface area contributed by atoms with Crippen LogP contribution >= 0.6 is 0 Å². The van der Waals surface area contributed by atoms with E-state index < -0.39 is 17.9 Å². The van der Waals surface area contributed by atoms with Crippen molar-refractivity contribution in [2.45, 2.75) is 6.04 Å². The summed E-state index contributed by atoms with van der Waals surface area (Å²) in [5.41, 5.74) is 0.480. The number of benzene rings is 1. The van der Waals surface area contributed by atoms with Crippen LogP contribution in [0, 0.1) is 5.21 Å². The molecule has 0 aliphatic carbocycles. The number of rotatable bonds is 4. The Hall–Kier alpha value is -2.89. The molecule has 2 rings (SSSR count). The van der Waals surface area contributed by atoms with E-state index in [0.29, 0.717) is 10.3 Å². The highest BCUT2D eigenvalue weighted by atomic mass is 16.5. The van der Waals surface area contributed by atoms with Crippen LogP contribution in [0.3, 0.4) is 0 Å². The first-order chi connectivity index (χ1) is 10.1. The van der Waals surface area contributed by atoms with Crippen molar-refractivity contribution in [2.75, 3.05) is 7.11 Å². The number of nitrogens with one attached hydrogen (secondary N) is 1. The Balaban J connectivity index is 2.26. The van der Waals surface area contributed by atoms with Crippen LogP contribution in [0.15, 0.2) is 54.7 Å². The minimum atomic E-state index is -0.969. The monoisotopic (exact) mass is 286 g/mol. The number of aromatic nitrogens is 1. The van der Waals surface area contributed by atoms with E-state index in [9.17, 15) is 14.8 Å². The molecule has 0 aliphatic rings. The third kappa shape index (κ3) is 3.36. The molecule has 0 bridgehead atoms. The van der Waals surface area contributed by atoms with Crippen molar-refractivity contribution < 1.29 is 19.1 Å². The second-order valence-corrected chi connectivity index (χ2v) is 4.25. The molecule has 0 fully saturated rings. The van der Waals surface area contributed by atoms with Crippen molar-refractivity contribution in [3.8, 4) is 0 Å². The lowest BCUT2D eigenvalue weighted by molar-refractivity contribution is -0.607. The molecule has 6 heteroatoms. The van der Waals surface area contributed by atoms with Crippen LogP contribution in [0.4, 0.5) is 0 Å². The second kappa shape index (κ2) is 6.51. The lowest BCUT2D eigenvalue weighted by atomic mass is 10.1. The van der Waals surface area contributed by atoms with E-state index in [1.807, 2.05) is 0 Å². The number of hydrogen-bond donors (Lipinski definition) is 1. The Morgan fingerprint density at radius 1 is 1.14 bits per heavy atom. The molecule has 21 heavy (non-hydrogen) atoms. The smallest absolute Gasteiger partial charge is 0.333 e. The van der Waals surface area contributed by atoms with Gasteiger partial charge < -0.3 is 15.3 Å². The largest absolute Gasteiger partial charge is 0.618 e. The van der Waals surface area contributed by atoms with E-state index in [2.05, 4.69) is 5.32 Å². The third-order valence-electron chi connectivity index (χ3n) is 2.90. The van der Waals surface area contributed by atoms with Crippen LogP contribution in [-0.4, -0.2) is 19.0 Å². The van der Waals surface area contributed by atoms with Gasteiger partial charge in [-0.3, -0.25) is 4.79 Å². The number of ether oxygens (including phenoxy) is 1. The van der Waals surface area contributed by atoms with E-state index in [0.717, 1.165) is 0 Å². The van der Waals surface area contributed by atoms with Crippen LogP contribution in [0.2, 0.25) is 0 Å². The highest BCUT2D eigenvalue weighted by molar-refractivity contribution is 5.94. The highest BCUT2D eigenvalue weighted by Crippen LogP contribution is 2.14. The zero-order chi connectivity index (χ0) is 15.2. The summed E-state index contributed by atoms with van der Waals surface area (Å²) in [5.74, 6) is -1.26. The van der Waals surface area contributed by atoms with Gasteiger partial charge in [-0.15, -0.1) is 0 Å². The van der Waals surface area contributed by atoms with Gasteiger partial charge in [0.1, 0.15) is 0 Å². The van der Waals surface area contributed by atoms with Gasteiger partial charge in [-0.1, -0.05) is 30.3 Å². The summed E-state index contributed by atoms with van der Waals surface area (Å²) in [6, 6.07) is 12.2. The molecule has 6 nitrogen and oxygen atoms in total. The molecule has 1 N–H and O–H groups in total. The maximum absolute atomic E-state index is 12.1. The van der Waals surface area contributed by atoms with Gasteiger partial charge in [-0.05, 0) is 11.6 Å². The zero-order valence-corrected chi connectivity index (χ0v) is 11.4. The Labute approximate surface area is 121 Å². The van der Waals surface area contributed by atoms with Crippen LogP contribution < -0.4 is 10.0 Å². The van der Waals surface area contributed by atoms with Gasteiger partial charge >= 0.3 is 11.9 Å². The molecule has 1 amide bonds. The fraction of sp³-hybridized carbons (Fsp3) is 0.133. The van der Waals surface area contributed by atoms with Gasteiger partial charge in [0, 0.05) is 12.1 Å². The molecular weight excluding hydrogens is 272 g/mol. The predicted octanol–water partition coefficient (Wildman–Crippen LogP) is 0.964. The minimum Gasteiger partial charge on any atom is -0.618 e. The number of nitrogens with zero attached hydrogens (tertiary/aromatic N) is 1. The van der Waals surface area contributed by atoms with Crippen molar-refractivity contribution in [1.82, 2.24) is 5.32 Å². The number of amides is 1. The molecule has 1 aromatic carbocycles. The lowest BCUT2D eigenvalue weighted by Gasteiger charge is -2.16. The van der Waals surface area contributed by atoms with E-state index in [1.54, 1.807) is 36.4 Å². The molecule has 108 valence electrons. The van der Waals surface area contributed by atoms with Crippen LogP contribution in [-0.2, 0) is 9.53 Å². The minimum absolute atomic E-state index is 0.0951. The van der Waals surface area contributed by atoms with E-state index >= 15 is 0 Å². The molecule has 1 atom stereocenters. The summed E-state index contributed by atoms with van der Waals surface area (Å²) in [6.45, 7) is 0. The molecule has 2 aromatic rings. The first-order valence-electron chi connectivity index (χ1n) is 6.25.